The molecule has 4 N–H and O–H groups in total. The maximum absolute atomic E-state index is 13.9. The Balaban J connectivity index is 2.08. The molecule has 1 aliphatic rings. The number of aliphatic hydroxyl groups excluding tert-OH is 1. The summed E-state index contributed by atoms with van der Waals surface area (Å²) >= 11 is 5.72. The normalized spacial score (nSPS) is 17.6. The predicted molar refractivity (Wildman–Crippen MR) is 122 cm³/mol. The lowest BCUT2D eigenvalue weighted by Gasteiger charge is -2.24. The molecule has 1 saturated heterocycles. The van der Waals surface area contributed by atoms with Crippen molar-refractivity contribution in [3.63, 3.8) is 0 Å². The lowest BCUT2D eigenvalue weighted by Crippen LogP contribution is -2.52. The number of aliphatic hydroxyl groups is 1. The van der Waals surface area contributed by atoms with Gasteiger partial charge < -0.3 is 21.1 Å². The summed E-state index contributed by atoms with van der Waals surface area (Å²) in [4.78, 5) is 49.4. The Kier molecular flexibility index (Phi) is 9.99. The van der Waals surface area contributed by atoms with Crippen molar-refractivity contribution in [2.24, 2.45) is 11.8 Å². The number of ketones is 1. The van der Waals surface area contributed by atoms with Crippen molar-refractivity contribution in [1.82, 2.24) is 16.0 Å². The van der Waals surface area contributed by atoms with E-state index in [0.717, 1.165) is 12.1 Å². The van der Waals surface area contributed by atoms with E-state index >= 15 is 0 Å². The minimum Gasteiger partial charge on any atom is -0.389 e. The van der Waals surface area contributed by atoms with Crippen LogP contribution in [0.2, 0.25) is 5.02 Å². The number of rotatable bonds is 11. The Morgan fingerprint density at radius 2 is 2.00 bits per heavy atom. The van der Waals surface area contributed by atoms with Gasteiger partial charge in [-0.1, -0.05) is 31.5 Å². The lowest BCUT2D eigenvalue weighted by molar-refractivity contribution is -0.132. The summed E-state index contributed by atoms with van der Waals surface area (Å²) < 4.78 is 13.9. The molecule has 0 spiro atoms. The van der Waals surface area contributed by atoms with Gasteiger partial charge in [0.2, 0.25) is 17.7 Å². The molecule has 0 aromatic heterocycles. The highest BCUT2D eigenvalue weighted by Gasteiger charge is 2.32. The van der Waals surface area contributed by atoms with Gasteiger partial charge in [0, 0.05) is 29.1 Å². The maximum atomic E-state index is 13.9. The van der Waals surface area contributed by atoms with E-state index in [1.807, 2.05) is 13.8 Å². The van der Waals surface area contributed by atoms with Crippen molar-refractivity contribution < 1.29 is 28.7 Å². The molecule has 33 heavy (non-hydrogen) atoms. The summed E-state index contributed by atoms with van der Waals surface area (Å²) in [6.45, 7) is 3.44. The van der Waals surface area contributed by atoms with Crippen LogP contribution in [-0.2, 0) is 19.2 Å². The third-order valence-corrected chi connectivity index (χ3v) is 5.50. The zero-order valence-corrected chi connectivity index (χ0v) is 19.3. The summed E-state index contributed by atoms with van der Waals surface area (Å²) in [5.74, 6) is -3.04. The van der Waals surface area contributed by atoms with E-state index in [0.29, 0.717) is 13.0 Å². The third kappa shape index (κ3) is 8.25. The number of benzene rings is 1. The molecule has 1 fully saturated rings. The number of hydrogen-bond donors (Lipinski definition) is 4. The minimum absolute atomic E-state index is 0.0337. The van der Waals surface area contributed by atoms with Gasteiger partial charge in [0.25, 0.3) is 0 Å². The smallest absolute Gasteiger partial charge is 0.244 e. The molecule has 10 heteroatoms. The van der Waals surface area contributed by atoms with Crippen LogP contribution < -0.4 is 16.0 Å². The van der Waals surface area contributed by atoms with Crippen LogP contribution in [0.5, 0.6) is 0 Å². The molecule has 3 amide bonds. The Morgan fingerprint density at radius 1 is 1.27 bits per heavy atom. The lowest BCUT2D eigenvalue weighted by atomic mass is 9.95. The van der Waals surface area contributed by atoms with Gasteiger partial charge >= 0.3 is 0 Å². The molecule has 8 nitrogen and oxygen atoms in total. The fraction of sp³-hybridized carbons (Fsp3) is 0.478. The third-order valence-electron chi connectivity index (χ3n) is 5.26. The molecule has 0 radical (unpaired) electrons. The molecule has 1 aromatic rings. The average Bonchev–Trinajstić information content (AvgIpc) is 3.15. The van der Waals surface area contributed by atoms with Gasteiger partial charge in [0.15, 0.2) is 5.78 Å². The molecule has 3 atom stereocenters. The quantitative estimate of drug-likeness (QED) is 0.357. The summed E-state index contributed by atoms with van der Waals surface area (Å²) in [6, 6.07) is 2.01. The number of carbonyl (C=O) groups excluding carboxylic acids is 4. The second-order valence-electron chi connectivity index (χ2n) is 8.39. The van der Waals surface area contributed by atoms with Crippen LogP contribution in [0.15, 0.2) is 24.3 Å². The molecule has 0 bridgehead atoms. The van der Waals surface area contributed by atoms with Crippen LogP contribution in [-0.4, -0.2) is 53.8 Å². The summed E-state index contributed by atoms with van der Waals surface area (Å²) in [5.41, 5.74) is 0.155. The van der Waals surface area contributed by atoms with Gasteiger partial charge in [0.05, 0.1) is 6.04 Å². The van der Waals surface area contributed by atoms with E-state index in [-0.39, 0.29) is 35.3 Å². The van der Waals surface area contributed by atoms with E-state index in [4.69, 9.17) is 11.6 Å². The van der Waals surface area contributed by atoms with Crippen LogP contribution in [0.1, 0.15) is 38.7 Å². The monoisotopic (exact) mass is 481 g/mol. The largest absolute Gasteiger partial charge is 0.389 e. The maximum Gasteiger partial charge on any atom is 0.244 e. The highest BCUT2D eigenvalue weighted by Crippen LogP contribution is 2.18. The van der Waals surface area contributed by atoms with E-state index in [2.05, 4.69) is 16.0 Å². The highest BCUT2D eigenvalue weighted by molar-refractivity contribution is 6.30. The van der Waals surface area contributed by atoms with Gasteiger partial charge in [-0.3, -0.25) is 19.2 Å². The average molecular weight is 482 g/mol. The second-order valence-corrected chi connectivity index (χ2v) is 8.82. The Labute approximate surface area is 196 Å². The number of amides is 3. The zero-order chi connectivity index (χ0) is 24.5. The first-order valence-corrected chi connectivity index (χ1v) is 11.1. The molecule has 1 aromatic carbocycles. The summed E-state index contributed by atoms with van der Waals surface area (Å²) in [7, 11) is 0. The SMILES string of the molecule is CC(C)CC(NC(=O)/C=C/c1ccc(Cl)cc1F)C(=O)NC(CC1CCNC1=O)C(=O)CO. The van der Waals surface area contributed by atoms with E-state index in [1.165, 1.54) is 18.2 Å². The first-order chi connectivity index (χ1) is 15.6. The van der Waals surface area contributed by atoms with Crippen molar-refractivity contribution >= 4 is 41.2 Å². The molecule has 1 aliphatic heterocycles. The van der Waals surface area contributed by atoms with Crippen molar-refractivity contribution in [2.45, 2.75) is 45.2 Å². The molecule has 0 aliphatic carbocycles. The van der Waals surface area contributed by atoms with E-state index in [9.17, 15) is 28.7 Å². The van der Waals surface area contributed by atoms with Crippen LogP contribution in [0.4, 0.5) is 4.39 Å². The fourth-order valence-electron chi connectivity index (χ4n) is 3.53. The minimum atomic E-state index is -1.05. The van der Waals surface area contributed by atoms with Crippen LogP contribution in [0.25, 0.3) is 6.08 Å². The second kappa shape index (κ2) is 12.5. The van der Waals surface area contributed by atoms with E-state index < -0.39 is 48.0 Å². The molecule has 0 saturated carbocycles. The standard InChI is InChI=1S/C23H29ClFN3O5/c1-13(2)9-19(27-21(31)6-4-14-3-5-16(24)11-17(14)25)23(33)28-18(20(30)12-29)10-15-7-8-26-22(15)32/h3-6,11,13,15,18-19,29H,7-10,12H2,1-2H3,(H,26,32)(H,27,31)(H,28,33)/b6-4+. The molecule has 3 unspecified atom stereocenters. The van der Waals surface area contributed by atoms with Crippen LogP contribution >= 0.6 is 11.6 Å². The van der Waals surface area contributed by atoms with Gasteiger partial charge in [-0.2, -0.15) is 0 Å². The Morgan fingerprint density at radius 3 is 2.58 bits per heavy atom. The number of nitrogens with one attached hydrogen (secondary N) is 3. The van der Waals surface area contributed by atoms with Crippen molar-refractivity contribution in [1.29, 1.82) is 0 Å². The van der Waals surface area contributed by atoms with Gasteiger partial charge in [-0.05, 0) is 43.4 Å². The van der Waals surface area contributed by atoms with E-state index in [1.54, 1.807) is 0 Å². The molecule has 1 heterocycles. The topological polar surface area (TPSA) is 125 Å². The van der Waals surface area contributed by atoms with Crippen molar-refractivity contribution in [3.05, 3.63) is 40.7 Å². The fourth-order valence-corrected chi connectivity index (χ4v) is 3.69. The predicted octanol–water partition coefficient (Wildman–Crippen LogP) is 1.60. The summed E-state index contributed by atoms with van der Waals surface area (Å²) in [5, 5.41) is 17.3. The molecule has 2 rings (SSSR count). The highest BCUT2D eigenvalue weighted by atomic mass is 35.5. The Hall–Kier alpha value is -2.78. The Bertz CT molecular complexity index is 921. The van der Waals surface area contributed by atoms with Gasteiger partial charge in [-0.15, -0.1) is 0 Å². The van der Waals surface area contributed by atoms with Crippen molar-refractivity contribution in [2.75, 3.05) is 13.2 Å². The number of carbonyl (C=O) groups is 4. The summed E-state index contributed by atoms with van der Waals surface area (Å²) in [6.07, 6.45) is 3.25. The first-order valence-electron chi connectivity index (χ1n) is 10.8. The number of Topliss-reactive ketones (excluding diaryl/α,β-unsaturated/α-hetero) is 1. The molecular formula is C23H29ClFN3O5. The van der Waals surface area contributed by atoms with Crippen LogP contribution in [0.3, 0.4) is 0 Å². The van der Waals surface area contributed by atoms with Gasteiger partial charge in [-0.25, -0.2) is 4.39 Å². The molecular weight excluding hydrogens is 453 g/mol. The number of halogens is 2. The van der Waals surface area contributed by atoms with Crippen LogP contribution in [0, 0.1) is 17.7 Å². The zero-order valence-electron chi connectivity index (χ0n) is 18.6. The van der Waals surface area contributed by atoms with Gasteiger partial charge in [0.1, 0.15) is 18.5 Å². The van der Waals surface area contributed by atoms with Crippen molar-refractivity contribution in [3.8, 4) is 0 Å². The first kappa shape index (κ1) is 26.5. The number of hydrogen-bond acceptors (Lipinski definition) is 5. The molecule has 180 valence electrons.